The normalized spacial score (nSPS) is 30.2. The number of halogens is 1. The van der Waals surface area contributed by atoms with Crippen molar-refractivity contribution in [2.45, 2.75) is 55.5 Å². The molecule has 3 saturated heterocycles. The highest BCUT2D eigenvalue weighted by Gasteiger charge is 2.49. The minimum atomic E-state index is -2.88. The van der Waals surface area contributed by atoms with Gasteiger partial charge in [-0.05, 0) is 55.7 Å². The van der Waals surface area contributed by atoms with Gasteiger partial charge in [0.25, 0.3) is 0 Å². The largest absolute Gasteiger partial charge is 0.488 e. The molecule has 2 N–H and O–H groups in total. The van der Waals surface area contributed by atoms with E-state index in [1.54, 1.807) is 12.1 Å². The second-order valence-corrected chi connectivity index (χ2v) is 13.6. The van der Waals surface area contributed by atoms with Crippen LogP contribution in [0.25, 0.3) is 22.2 Å². The van der Waals surface area contributed by atoms with Crippen molar-refractivity contribution < 1.29 is 22.3 Å². The van der Waals surface area contributed by atoms with E-state index in [0.717, 1.165) is 67.4 Å². The predicted molar refractivity (Wildman–Crippen MR) is 141 cm³/mol. The van der Waals surface area contributed by atoms with Crippen molar-refractivity contribution in [3.8, 4) is 16.9 Å². The Bertz CT molecular complexity index is 1480. The summed E-state index contributed by atoms with van der Waals surface area (Å²) in [7, 11) is -2.88. The minimum Gasteiger partial charge on any atom is -0.488 e. The van der Waals surface area contributed by atoms with Gasteiger partial charge >= 0.3 is 0 Å². The van der Waals surface area contributed by atoms with Gasteiger partial charge < -0.3 is 19.8 Å². The number of hydrogen-bond acceptors (Lipinski definition) is 8. The summed E-state index contributed by atoms with van der Waals surface area (Å²) in [5.74, 6) is 1.00. The quantitative estimate of drug-likeness (QED) is 0.485. The smallest absolute Gasteiger partial charge is 0.165 e. The van der Waals surface area contributed by atoms with E-state index in [2.05, 4.69) is 25.6 Å². The van der Waals surface area contributed by atoms with Crippen LogP contribution in [0.2, 0.25) is 0 Å². The lowest BCUT2D eigenvalue weighted by molar-refractivity contribution is 0.0666. The van der Waals surface area contributed by atoms with Crippen molar-refractivity contribution in [1.29, 1.82) is 0 Å². The number of nitrogens with two attached hydrogens (primary N) is 1. The monoisotopic (exact) mass is 541 g/mol. The lowest BCUT2D eigenvalue weighted by Gasteiger charge is -2.40. The average molecular weight is 542 g/mol. The summed E-state index contributed by atoms with van der Waals surface area (Å²) < 4.78 is 52.4. The number of nitrogens with zero attached hydrogens (tertiary/aromatic N) is 4. The van der Waals surface area contributed by atoms with E-state index >= 15 is 0 Å². The number of sulfone groups is 1. The maximum Gasteiger partial charge on any atom is 0.165 e. The Kier molecular flexibility index (Phi) is 5.86. The fraction of sp³-hybridized carbons (Fsp3) is 0.556. The summed E-state index contributed by atoms with van der Waals surface area (Å²) in [6, 6.07) is 5.33. The van der Waals surface area contributed by atoms with Crippen LogP contribution in [0, 0.1) is 11.7 Å². The molecule has 0 radical (unpaired) electrons. The Labute approximate surface area is 221 Å². The third-order valence-corrected chi connectivity index (χ3v) is 11.1. The Hall–Kier alpha value is -2.76. The van der Waals surface area contributed by atoms with Gasteiger partial charge in [0.2, 0.25) is 0 Å². The van der Waals surface area contributed by atoms with E-state index in [0.29, 0.717) is 30.6 Å². The molecule has 1 saturated carbocycles. The number of likely N-dealkylation sites (tertiary alicyclic amines) is 1. The number of hydrogen-bond donors (Lipinski definition) is 1. The zero-order chi connectivity index (χ0) is 26.0. The average Bonchev–Trinajstić information content (AvgIpc) is 3.64. The van der Waals surface area contributed by atoms with Gasteiger partial charge in [0.15, 0.2) is 21.4 Å². The molecule has 4 fully saturated rings. The summed E-state index contributed by atoms with van der Waals surface area (Å²) in [6.07, 6.45) is 8.23. The second kappa shape index (κ2) is 9.17. The van der Waals surface area contributed by atoms with E-state index in [4.69, 9.17) is 15.2 Å². The van der Waals surface area contributed by atoms with Gasteiger partial charge in [-0.2, -0.15) is 0 Å². The molecule has 5 heterocycles. The minimum absolute atomic E-state index is 0.00397. The van der Waals surface area contributed by atoms with Gasteiger partial charge in [-0.3, -0.25) is 4.90 Å². The Morgan fingerprint density at radius 2 is 2.05 bits per heavy atom. The molecule has 3 atom stereocenters. The molecule has 0 unspecified atom stereocenters. The molecule has 1 aliphatic carbocycles. The summed E-state index contributed by atoms with van der Waals surface area (Å²) in [5.41, 5.74) is 8.75. The number of fused-ring (bicyclic) bond motifs is 3. The summed E-state index contributed by atoms with van der Waals surface area (Å²) in [6.45, 7) is 2.66. The van der Waals surface area contributed by atoms with Crippen LogP contribution in [0.3, 0.4) is 0 Å². The third kappa shape index (κ3) is 4.15. The third-order valence-electron chi connectivity index (χ3n) is 8.85. The van der Waals surface area contributed by atoms with Gasteiger partial charge in [0.1, 0.15) is 24.4 Å². The Balaban J connectivity index is 1.11. The molecule has 1 aromatic carbocycles. The van der Waals surface area contributed by atoms with Crippen LogP contribution in [0.1, 0.15) is 38.1 Å². The number of rotatable bonds is 7. The Morgan fingerprint density at radius 1 is 1.18 bits per heavy atom. The van der Waals surface area contributed by atoms with Crippen LogP contribution < -0.4 is 10.5 Å². The molecular weight excluding hydrogens is 509 g/mol. The zero-order valence-corrected chi connectivity index (χ0v) is 21.9. The molecule has 7 rings (SSSR count). The fourth-order valence-electron chi connectivity index (χ4n) is 6.75. The molecule has 3 aromatic rings. The molecule has 2 bridgehead atoms. The molecule has 4 aliphatic rings. The molecule has 2 aromatic heterocycles. The molecule has 9 nitrogen and oxygen atoms in total. The first kappa shape index (κ1) is 24.3. The van der Waals surface area contributed by atoms with E-state index in [1.807, 2.05) is 0 Å². The number of aromatic nitrogens is 3. The first-order valence-electron chi connectivity index (χ1n) is 13.5. The van der Waals surface area contributed by atoms with Crippen molar-refractivity contribution in [3.63, 3.8) is 0 Å². The van der Waals surface area contributed by atoms with Crippen molar-refractivity contribution in [1.82, 2.24) is 19.4 Å². The predicted octanol–water partition coefficient (Wildman–Crippen LogP) is 3.20. The van der Waals surface area contributed by atoms with Crippen LogP contribution in [0.4, 0.5) is 10.2 Å². The number of ether oxygens (including phenoxy) is 2. The lowest BCUT2D eigenvalue weighted by atomic mass is 9.79. The van der Waals surface area contributed by atoms with Crippen LogP contribution in [-0.2, 0) is 14.6 Å². The highest BCUT2D eigenvalue weighted by molar-refractivity contribution is 7.92. The van der Waals surface area contributed by atoms with Crippen molar-refractivity contribution >= 4 is 26.7 Å². The zero-order valence-electron chi connectivity index (χ0n) is 21.1. The van der Waals surface area contributed by atoms with Gasteiger partial charge in [-0.15, -0.1) is 0 Å². The van der Waals surface area contributed by atoms with Crippen LogP contribution >= 0.6 is 0 Å². The molecule has 0 amide bonds. The maximum absolute atomic E-state index is 14.6. The van der Waals surface area contributed by atoms with E-state index < -0.39 is 15.7 Å². The van der Waals surface area contributed by atoms with Gasteiger partial charge in [0, 0.05) is 43.5 Å². The molecule has 11 heteroatoms. The summed E-state index contributed by atoms with van der Waals surface area (Å²) >= 11 is 0. The van der Waals surface area contributed by atoms with Crippen molar-refractivity contribution in [3.05, 3.63) is 36.5 Å². The molecular formula is C27H32FN5O4S. The molecule has 0 spiro atoms. The second-order valence-electron chi connectivity index (χ2n) is 11.3. The molecule has 202 valence electrons. The standard InChI is InChI=1S/C27H32FN5O4S/c28-23-4-3-17(8-24(23)37-13-20-2-1-5-36-20)22-12-33(27-25(22)26(29)30-15-31-27)18-6-16(7-18)10-32-11-21-9-19(32)14-38(21,34)35/h3-4,8,12,15-16,18-21H,1-2,5-7,9-11,13-14H2,(H2,29,30,31)/t16?,18?,19-,20+,21+/m0/s1. The highest BCUT2D eigenvalue weighted by atomic mass is 32.2. The van der Waals surface area contributed by atoms with Gasteiger partial charge in [0.05, 0.1) is 22.5 Å². The highest BCUT2D eigenvalue weighted by Crippen LogP contribution is 2.45. The number of benzene rings is 1. The lowest BCUT2D eigenvalue weighted by Crippen LogP contribution is -2.45. The van der Waals surface area contributed by atoms with Crippen LogP contribution in [0.15, 0.2) is 30.7 Å². The number of anilines is 1. The van der Waals surface area contributed by atoms with E-state index in [1.165, 1.54) is 12.4 Å². The van der Waals surface area contributed by atoms with Gasteiger partial charge in [-0.25, -0.2) is 22.8 Å². The topological polar surface area (TPSA) is 113 Å². The molecule has 38 heavy (non-hydrogen) atoms. The SMILES string of the molecule is Nc1ncnc2c1c(-c1ccc(F)c(OC[C@H]3CCCO3)c1)cn2C1CC(CN2C[C@H]3C[C@H]2CS3(=O)=O)C1. The van der Waals surface area contributed by atoms with Crippen LogP contribution in [0.5, 0.6) is 5.75 Å². The fourth-order valence-corrected chi connectivity index (χ4v) is 8.84. The summed E-state index contributed by atoms with van der Waals surface area (Å²) in [4.78, 5) is 11.2. The number of nitrogen functional groups attached to an aromatic ring is 1. The summed E-state index contributed by atoms with van der Waals surface area (Å²) in [5, 5.41) is 0.587. The van der Waals surface area contributed by atoms with Crippen molar-refractivity contribution in [2.75, 3.05) is 37.8 Å². The molecule has 3 aliphatic heterocycles. The first-order valence-corrected chi connectivity index (χ1v) is 15.2. The van der Waals surface area contributed by atoms with Crippen LogP contribution in [-0.4, -0.2) is 77.3 Å². The first-order chi connectivity index (χ1) is 18.4. The van der Waals surface area contributed by atoms with E-state index in [-0.39, 0.29) is 29.2 Å². The van der Waals surface area contributed by atoms with Gasteiger partial charge in [-0.1, -0.05) is 6.07 Å². The van der Waals surface area contributed by atoms with Crippen molar-refractivity contribution in [2.24, 2.45) is 5.92 Å². The maximum atomic E-state index is 14.6. The Morgan fingerprint density at radius 3 is 2.79 bits per heavy atom. The van der Waals surface area contributed by atoms with E-state index in [9.17, 15) is 12.8 Å².